The maximum Gasteiger partial charge on any atom is 0.146 e. The Morgan fingerprint density at radius 2 is 2.17 bits per heavy atom. The average molecular weight is 164 g/mol. The van der Waals surface area contributed by atoms with Gasteiger partial charge in [0.2, 0.25) is 0 Å². The Morgan fingerprint density at radius 1 is 1.50 bits per heavy atom. The van der Waals surface area contributed by atoms with E-state index < -0.39 is 0 Å². The van der Waals surface area contributed by atoms with Gasteiger partial charge in [0.1, 0.15) is 6.29 Å². The first-order valence-electron chi connectivity index (χ1n) is 4.70. The van der Waals surface area contributed by atoms with E-state index in [2.05, 4.69) is 26.8 Å². The normalized spacial score (nSPS) is 42.9. The maximum absolute atomic E-state index is 10.8. The van der Waals surface area contributed by atoms with Crippen LogP contribution in [0.15, 0.2) is 11.6 Å². The molecule has 0 aromatic heterocycles. The zero-order valence-electron chi connectivity index (χ0n) is 8.05. The highest BCUT2D eigenvalue weighted by Crippen LogP contribution is 2.64. The van der Waals surface area contributed by atoms with E-state index in [0.717, 1.165) is 11.9 Å². The van der Waals surface area contributed by atoms with Gasteiger partial charge in [-0.15, -0.1) is 0 Å². The van der Waals surface area contributed by atoms with E-state index in [-0.39, 0.29) is 5.41 Å². The zero-order valence-corrected chi connectivity index (χ0v) is 8.05. The van der Waals surface area contributed by atoms with Crippen LogP contribution < -0.4 is 0 Å². The fraction of sp³-hybridized carbons (Fsp3) is 0.727. The molecule has 0 saturated heterocycles. The predicted octanol–water partition coefficient (Wildman–Crippen LogP) is 2.57. The number of allylic oxidation sites excluding steroid dienone is 2. The van der Waals surface area contributed by atoms with Gasteiger partial charge in [-0.25, -0.2) is 0 Å². The van der Waals surface area contributed by atoms with Crippen LogP contribution in [0.25, 0.3) is 0 Å². The number of rotatable bonds is 1. The van der Waals surface area contributed by atoms with Crippen LogP contribution in [0, 0.1) is 16.7 Å². The van der Waals surface area contributed by atoms with Crippen molar-refractivity contribution in [2.45, 2.75) is 33.6 Å². The Labute approximate surface area is 73.8 Å². The monoisotopic (exact) mass is 164 g/mol. The van der Waals surface area contributed by atoms with E-state index in [9.17, 15) is 4.79 Å². The summed E-state index contributed by atoms with van der Waals surface area (Å²) in [5, 5.41) is 0. The molecule has 2 atom stereocenters. The molecule has 66 valence electrons. The Balaban J connectivity index is 2.49. The first-order valence-corrected chi connectivity index (χ1v) is 4.70. The largest absolute Gasteiger partial charge is 0.298 e. The number of fused-ring (bicyclic) bond motifs is 2. The molecule has 0 radical (unpaired) electrons. The molecule has 0 N–H and O–H groups in total. The van der Waals surface area contributed by atoms with Gasteiger partial charge in [0.05, 0.1) is 0 Å². The molecule has 2 bridgehead atoms. The molecule has 2 aliphatic carbocycles. The van der Waals surface area contributed by atoms with E-state index in [1.807, 2.05) is 0 Å². The Kier molecular flexibility index (Phi) is 1.35. The predicted molar refractivity (Wildman–Crippen MR) is 48.8 cm³/mol. The Bertz CT molecular complexity index is 262. The van der Waals surface area contributed by atoms with Crippen molar-refractivity contribution >= 4 is 6.29 Å². The SMILES string of the molecule is CC12CCC(C=C1C=O)C2(C)C. The van der Waals surface area contributed by atoms with E-state index in [0.29, 0.717) is 11.3 Å². The number of hydrogen-bond donors (Lipinski definition) is 0. The molecule has 0 aromatic carbocycles. The summed E-state index contributed by atoms with van der Waals surface area (Å²) in [5.41, 5.74) is 1.52. The summed E-state index contributed by atoms with van der Waals surface area (Å²) >= 11 is 0. The minimum atomic E-state index is 0.166. The first kappa shape index (κ1) is 8.03. The van der Waals surface area contributed by atoms with Crippen LogP contribution in [-0.2, 0) is 4.79 Å². The molecule has 12 heavy (non-hydrogen) atoms. The Morgan fingerprint density at radius 3 is 2.42 bits per heavy atom. The van der Waals surface area contributed by atoms with Crippen molar-refractivity contribution in [1.29, 1.82) is 0 Å². The number of carbonyl (C=O) groups is 1. The summed E-state index contributed by atoms with van der Waals surface area (Å²) < 4.78 is 0. The van der Waals surface area contributed by atoms with Gasteiger partial charge in [0.25, 0.3) is 0 Å². The van der Waals surface area contributed by atoms with E-state index >= 15 is 0 Å². The van der Waals surface area contributed by atoms with Gasteiger partial charge in [-0.05, 0) is 29.7 Å². The molecule has 1 saturated carbocycles. The smallest absolute Gasteiger partial charge is 0.146 e. The lowest BCUT2D eigenvalue weighted by molar-refractivity contribution is -0.106. The van der Waals surface area contributed by atoms with Crippen molar-refractivity contribution in [2.75, 3.05) is 0 Å². The molecule has 2 aliphatic rings. The van der Waals surface area contributed by atoms with Gasteiger partial charge in [-0.1, -0.05) is 26.8 Å². The topological polar surface area (TPSA) is 17.1 Å². The van der Waals surface area contributed by atoms with E-state index in [4.69, 9.17) is 0 Å². The molecule has 0 aliphatic heterocycles. The molecule has 0 heterocycles. The molecule has 1 nitrogen and oxygen atoms in total. The van der Waals surface area contributed by atoms with Crippen molar-refractivity contribution in [3.8, 4) is 0 Å². The molecule has 0 amide bonds. The molecular formula is C11H16O. The van der Waals surface area contributed by atoms with Crippen molar-refractivity contribution < 1.29 is 4.79 Å². The van der Waals surface area contributed by atoms with Crippen molar-refractivity contribution in [3.63, 3.8) is 0 Å². The summed E-state index contributed by atoms with van der Waals surface area (Å²) in [6.07, 6.45) is 5.70. The van der Waals surface area contributed by atoms with Gasteiger partial charge in [0, 0.05) is 5.41 Å². The molecule has 1 heteroatoms. The van der Waals surface area contributed by atoms with Crippen LogP contribution in [0.3, 0.4) is 0 Å². The minimum absolute atomic E-state index is 0.166. The molecule has 0 spiro atoms. The standard InChI is InChI=1S/C11H16O/c1-10(2)8-4-5-11(10,3)9(6-8)7-12/h6-8H,4-5H2,1-3H3. The average Bonchev–Trinajstić information content (AvgIpc) is 2.34. The molecule has 1 fully saturated rings. The summed E-state index contributed by atoms with van der Waals surface area (Å²) in [6, 6.07) is 0. The van der Waals surface area contributed by atoms with Gasteiger partial charge in [-0.2, -0.15) is 0 Å². The van der Waals surface area contributed by atoms with Gasteiger partial charge >= 0.3 is 0 Å². The van der Waals surface area contributed by atoms with Crippen LogP contribution in [0.4, 0.5) is 0 Å². The quantitative estimate of drug-likeness (QED) is 0.544. The lowest BCUT2D eigenvalue weighted by Crippen LogP contribution is -2.30. The highest BCUT2D eigenvalue weighted by molar-refractivity contribution is 5.77. The van der Waals surface area contributed by atoms with Crippen molar-refractivity contribution in [3.05, 3.63) is 11.6 Å². The molecule has 0 aromatic rings. The second-order valence-corrected chi connectivity index (χ2v) is 4.94. The highest BCUT2D eigenvalue weighted by atomic mass is 16.1. The summed E-state index contributed by atoms with van der Waals surface area (Å²) in [5.74, 6) is 0.641. The van der Waals surface area contributed by atoms with Gasteiger partial charge in [0.15, 0.2) is 0 Å². The lowest BCUT2D eigenvalue weighted by atomic mass is 9.68. The van der Waals surface area contributed by atoms with Crippen LogP contribution in [0.1, 0.15) is 33.6 Å². The van der Waals surface area contributed by atoms with E-state index in [1.165, 1.54) is 12.8 Å². The fourth-order valence-corrected chi connectivity index (χ4v) is 2.91. The van der Waals surface area contributed by atoms with Crippen LogP contribution >= 0.6 is 0 Å². The molecule has 2 rings (SSSR count). The number of hydrogen-bond acceptors (Lipinski definition) is 1. The number of carbonyl (C=O) groups excluding carboxylic acids is 1. The lowest BCUT2D eigenvalue weighted by Gasteiger charge is -2.35. The third-order valence-electron chi connectivity index (χ3n) is 4.45. The minimum Gasteiger partial charge on any atom is -0.298 e. The second kappa shape index (κ2) is 2.01. The maximum atomic E-state index is 10.8. The first-order chi connectivity index (χ1) is 5.52. The number of aldehydes is 1. The molecular weight excluding hydrogens is 148 g/mol. The van der Waals surface area contributed by atoms with Crippen molar-refractivity contribution in [1.82, 2.24) is 0 Å². The summed E-state index contributed by atoms with van der Waals surface area (Å²) in [4.78, 5) is 10.8. The third kappa shape index (κ3) is 0.634. The van der Waals surface area contributed by atoms with Gasteiger partial charge in [-0.3, -0.25) is 4.79 Å². The van der Waals surface area contributed by atoms with Crippen LogP contribution in [0.2, 0.25) is 0 Å². The van der Waals surface area contributed by atoms with Crippen LogP contribution in [-0.4, -0.2) is 6.29 Å². The summed E-state index contributed by atoms with van der Waals surface area (Å²) in [7, 11) is 0. The van der Waals surface area contributed by atoms with Crippen molar-refractivity contribution in [2.24, 2.45) is 16.7 Å². The van der Waals surface area contributed by atoms with E-state index in [1.54, 1.807) is 0 Å². The third-order valence-corrected chi connectivity index (χ3v) is 4.45. The van der Waals surface area contributed by atoms with Gasteiger partial charge < -0.3 is 0 Å². The molecule has 2 unspecified atom stereocenters. The zero-order chi connectivity index (χ0) is 8.98. The Hall–Kier alpha value is -0.590. The highest BCUT2D eigenvalue weighted by Gasteiger charge is 2.56. The summed E-state index contributed by atoms with van der Waals surface area (Å²) in [6.45, 7) is 6.82. The van der Waals surface area contributed by atoms with Crippen LogP contribution in [0.5, 0.6) is 0 Å². The fourth-order valence-electron chi connectivity index (χ4n) is 2.91. The second-order valence-electron chi connectivity index (χ2n) is 4.94.